The highest BCUT2D eigenvalue weighted by Gasteiger charge is 2.24. The number of hydrogen-bond acceptors (Lipinski definition) is 5. The monoisotopic (exact) mass is 409 g/mol. The van der Waals surface area contributed by atoms with Crippen molar-refractivity contribution >= 4 is 11.6 Å². The van der Waals surface area contributed by atoms with Gasteiger partial charge in [-0.3, -0.25) is 19.8 Å². The van der Waals surface area contributed by atoms with Gasteiger partial charge in [0.15, 0.2) is 5.69 Å². The van der Waals surface area contributed by atoms with E-state index < -0.39 is 10.7 Å². The number of halogens is 1. The standard InChI is InChI=1S/C21H20FN5O3/c22-18-6-1-2-7-20(18)26-9-8-19(23-26)21(28)25-12-10-24(11-13-25)15-16-4-3-5-17(14-16)27(29)30/h1-9,14H,10-13,15H2. The molecule has 1 aromatic heterocycles. The molecule has 3 aromatic rings. The van der Waals surface area contributed by atoms with E-state index in [0.717, 1.165) is 5.56 Å². The van der Waals surface area contributed by atoms with Crippen molar-refractivity contribution in [3.8, 4) is 5.69 Å². The summed E-state index contributed by atoms with van der Waals surface area (Å²) < 4.78 is 15.3. The van der Waals surface area contributed by atoms with Gasteiger partial charge in [0.05, 0.1) is 4.92 Å². The van der Waals surface area contributed by atoms with Crippen molar-refractivity contribution in [2.45, 2.75) is 6.54 Å². The van der Waals surface area contributed by atoms with Gasteiger partial charge in [-0.25, -0.2) is 9.07 Å². The van der Waals surface area contributed by atoms with Gasteiger partial charge < -0.3 is 4.90 Å². The summed E-state index contributed by atoms with van der Waals surface area (Å²) in [4.78, 5) is 27.2. The predicted molar refractivity (Wildman–Crippen MR) is 108 cm³/mol. The first kappa shape index (κ1) is 19.7. The Balaban J connectivity index is 1.36. The molecule has 154 valence electrons. The number of hydrogen-bond donors (Lipinski definition) is 0. The fourth-order valence-electron chi connectivity index (χ4n) is 3.51. The minimum absolute atomic E-state index is 0.0757. The van der Waals surface area contributed by atoms with Crippen LogP contribution in [0.25, 0.3) is 5.69 Å². The van der Waals surface area contributed by atoms with Crippen molar-refractivity contribution in [3.63, 3.8) is 0 Å². The maximum atomic E-state index is 13.9. The van der Waals surface area contributed by atoms with Crippen LogP contribution in [-0.4, -0.2) is 56.6 Å². The fourth-order valence-corrected chi connectivity index (χ4v) is 3.51. The third kappa shape index (κ3) is 4.20. The van der Waals surface area contributed by atoms with E-state index in [9.17, 15) is 19.3 Å². The van der Waals surface area contributed by atoms with Crippen LogP contribution in [0.2, 0.25) is 0 Å². The molecule has 8 nitrogen and oxygen atoms in total. The average molecular weight is 409 g/mol. The van der Waals surface area contributed by atoms with Crippen LogP contribution in [0.1, 0.15) is 16.1 Å². The van der Waals surface area contributed by atoms with Crippen LogP contribution in [0.4, 0.5) is 10.1 Å². The summed E-state index contributed by atoms with van der Waals surface area (Å²) in [6.45, 7) is 2.96. The lowest BCUT2D eigenvalue weighted by molar-refractivity contribution is -0.384. The van der Waals surface area contributed by atoms with Crippen molar-refractivity contribution in [1.29, 1.82) is 0 Å². The molecule has 1 aliphatic rings. The number of nitro benzene ring substituents is 1. The normalized spacial score (nSPS) is 14.6. The number of non-ortho nitro benzene ring substituents is 1. The second kappa shape index (κ2) is 8.42. The van der Waals surface area contributed by atoms with Crippen LogP contribution in [0.3, 0.4) is 0 Å². The molecule has 1 fully saturated rings. The van der Waals surface area contributed by atoms with E-state index in [1.165, 1.54) is 16.8 Å². The van der Waals surface area contributed by atoms with Crippen molar-refractivity contribution in [2.75, 3.05) is 26.2 Å². The van der Waals surface area contributed by atoms with E-state index in [1.807, 2.05) is 6.07 Å². The Morgan fingerprint density at radius 2 is 1.83 bits per heavy atom. The quantitative estimate of drug-likeness (QED) is 0.478. The van der Waals surface area contributed by atoms with E-state index in [0.29, 0.717) is 38.4 Å². The second-order valence-corrected chi connectivity index (χ2v) is 7.09. The Labute approximate surface area is 172 Å². The van der Waals surface area contributed by atoms with E-state index >= 15 is 0 Å². The number of rotatable bonds is 5. The minimum atomic E-state index is -0.408. The number of para-hydroxylation sites is 1. The molecule has 0 spiro atoms. The van der Waals surface area contributed by atoms with Crippen molar-refractivity contribution < 1.29 is 14.1 Å². The summed E-state index contributed by atoms with van der Waals surface area (Å²) >= 11 is 0. The molecule has 0 unspecified atom stereocenters. The van der Waals surface area contributed by atoms with E-state index in [1.54, 1.807) is 47.5 Å². The molecule has 0 bridgehead atoms. The lowest BCUT2D eigenvalue weighted by atomic mass is 10.1. The van der Waals surface area contributed by atoms with Crippen LogP contribution < -0.4 is 0 Å². The molecule has 1 saturated heterocycles. The fraction of sp³-hybridized carbons (Fsp3) is 0.238. The van der Waals surface area contributed by atoms with Gasteiger partial charge in [-0.2, -0.15) is 5.10 Å². The van der Waals surface area contributed by atoms with Crippen LogP contribution >= 0.6 is 0 Å². The summed E-state index contributed by atoms with van der Waals surface area (Å²) in [6.07, 6.45) is 1.57. The van der Waals surface area contributed by atoms with Gasteiger partial charge in [0.25, 0.3) is 11.6 Å². The van der Waals surface area contributed by atoms with E-state index in [4.69, 9.17) is 0 Å². The van der Waals surface area contributed by atoms with Crippen molar-refractivity contribution in [1.82, 2.24) is 19.6 Å². The molecule has 0 aliphatic carbocycles. The van der Waals surface area contributed by atoms with Gasteiger partial charge in [-0.15, -0.1) is 0 Å². The predicted octanol–water partition coefficient (Wildman–Crippen LogP) is 2.88. The molecule has 0 radical (unpaired) electrons. The minimum Gasteiger partial charge on any atom is -0.335 e. The summed E-state index contributed by atoms with van der Waals surface area (Å²) in [5.74, 6) is -0.602. The van der Waals surface area contributed by atoms with Gasteiger partial charge in [0.2, 0.25) is 0 Å². The Morgan fingerprint density at radius 1 is 1.07 bits per heavy atom. The van der Waals surface area contributed by atoms with Gasteiger partial charge in [-0.05, 0) is 23.8 Å². The molecule has 0 atom stereocenters. The Morgan fingerprint density at radius 3 is 2.57 bits per heavy atom. The molecular weight excluding hydrogens is 389 g/mol. The smallest absolute Gasteiger partial charge is 0.274 e. The van der Waals surface area contributed by atoms with Crippen LogP contribution in [0.5, 0.6) is 0 Å². The van der Waals surface area contributed by atoms with Crippen molar-refractivity contribution in [3.05, 3.63) is 88.0 Å². The first-order chi connectivity index (χ1) is 14.5. The summed E-state index contributed by atoms with van der Waals surface area (Å²) in [7, 11) is 0. The summed E-state index contributed by atoms with van der Waals surface area (Å²) in [5.41, 5.74) is 1.50. The number of aromatic nitrogens is 2. The molecule has 1 amide bonds. The van der Waals surface area contributed by atoms with Crippen LogP contribution in [-0.2, 0) is 6.54 Å². The molecule has 30 heavy (non-hydrogen) atoms. The second-order valence-electron chi connectivity index (χ2n) is 7.09. The zero-order chi connectivity index (χ0) is 21.1. The highest BCUT2D eigenvalue weighted by atomic mass is 19.1. The maximum absolute atomic E-state index is 13.9. The van der Waals surface area contributed by atoms with E-state index in [2.05, 4.69) is 10.00 Å². The van der Waals surface area contributed by atoms with Crippen LogP contribution in [0, 0.1) is 15.9 Å². The number of nitro groups is 1. The lowest BCUT2D eigenvalue weighted by Gasteiger charge is -2.34. The Hall–Kier alpha value is -3.59. The Bertz CT molecular complexity index is 1080. The number of amides is 1. The van der Waals surface area contributed by atoms with Gasteiger partial charge in [0.1, 0.15) is 11.5 Å². The third-order valence-corrected chi connectivity index (χ3v) is 5.09. The average Bonchev–Trinajstić information content (AvgIpc) is 3.24. The molecule has 1 aliphatic heterocycles. The van der Waals surface area contributed by atoms with Crippen molar-refractivity contribution in [2.24, 2.45) is 0 Å². The highest BCUT2D eigenvalue weighted by molar-refractivity contribution is 5.92. The first-order valence-corrected chi connectivity index (χ1v) is 9.57. The number of carbonyl (C=O) groups is 1. The lowest BCUT2D eigenvalue weighted by Crippen LogP contribution is -2.48. The molecule has 9 heteroatoms. The van der Waals surface area contributed by atoms with Gasteiger partial charge in [-0.1, -0.05) is 24.3 Å². The van der Waals surface area contributed by atoms with Crippen LogP contribution in [0.15, 0.2) is 60.8 Å². The zero-order valence-electron chi connectivity index (χ0n) is 16.1. The number of piperazine rings is 1. The van der Waals surface area contributed by atoms with Gasteiger partial charge >= 0.3 is 0 Å². The molecular formula is C21H20FN5O3. The highest BCUT2D eigenvalue weighted by Crippen LogP contribution is 2.17. The number of carbonyl (C=O) groups excluding carboxylic acids is 1. The third-order valence-electron chi connectivity index (χ3n) is 5.09. The summed E-state index contributed by atoms with van der Waals surface area (Å²) in [5, 5.41) is 15.2. The Kier molecular flexibility index (Phi) is 5.53. The maximum Gasteiger partial charge on any atom is 0.274 e. The SMILES string of the molecule is O=C(c1ccn(-c2ccccc2F)n1)N1CCN(Cc2cccc([N+](=O)[O-])c2)CC1. The number of nitrogens with zero attached hydrogens (tertiary/aromatic N) is 5. The molecule has 4 rings (SSSR count). The molecule has 0 N–H and O–H groups in total. The molecule has 0 saturated carbocycles. The largest absolute Gasteiger partial charge is 0.335 e. The summed E-state index contributed by atoms with van der Waals surface area (Å²) in [6, 6.07) is 14.4. The van der Waals surface area contributed by atoms with E-state index in [-0.39, 0.29) is 17.3 Å². The number of benzene rings is 2. The molecule has 2 aromatic carbocycles. The zero-order valence-corrected chi connectivity index (χ0v) is 16.1. The van der Waals surface area contributed by atoms with Gasteiger partial charge in [0, 0.05) is 51.1 Å². The topological polar surface area (TPSA) is 84.5 Å². The first-order valence-electron chi connectivity index (χ1n) is 9.57. The molecule has 2 heterocycles.